The van der Waals surface area contributed by atoms with Gasteiger partial charge in [-0.3, -0.25) is 0 Å². The van der Waals surface area contributed by atoms with Crippen molar-refractivity contribution >= 4 is 0 Å². The van der Waals surface area contributed by atoms with Crippen molar-refractivity contribution in [2.75, 3.05) is 0 Å². The Kier molecular flexibility index (Phi) is 9.72. The molecule has 2 heteroatoms. The summed E-state index contributed by atoms with van der Waals surface area (Å²) in [7, 11) is 0. The lowest BCUT2D eigenvalue weighted by Crippen LogP contribution is -2.48. The van der Waals surface area contributed by atoms with Gasteiger partial charge in [-0.25, -0.2) is 0 Å². The van der Waals surface area contributed by atoms with E-state index in [1.54, 1.807) is 0 Å². The summed E-state index contributed by atoms with van der Waals surface area (Å²) in [5, 5.41) is 21.2. The summed E-state index contributed by atoms with van der Waals surface area (Å²) in [6.07, 6.45) is 11.0. The predicted molar refractivity (Wildman–Crippen MR) is 83.1 cm³/mol. The summed E-state index contributed by atoms with van der Waals surface area (Å²) >= 11 is 0. The fraction of sp³-hybridized carbons (Fsp3) is 1.00. The lowest BCUT2D eigenvalue weighted by atomic mass is 9.67. The summed E-state index contributed by atoms with van der Waals surface area (Å²) in [5.74, 6) is -1.49. The number of rotatable bonds is 12. The Bertz CT molecular complexity index is 205. The highest BCUT2D eigenvalue weighted by Gasteiger charge is 2.46. The molecule has 19 heavy (non-hydrogen) atoms. The molecular weight excluding hydrogens is 236 g/mol. The molecule has 0 aliphatic carbocycles. The van der Waals surface area contributed by atoms with Gasteiger partial charge < -0.3 is 10.2 Å². The summed E-state index contributed by atoms with van der Waals surface area (Å²) in [6.45, 7) is 8.54. The maximum Gasteiger partial charge on any atom is 0.168 e. The molecule has 0 bridgehead atoms. The Labute approximate surface area is 120 Å². The molecule has 116 valence electrons. The third-order valence-electron chi connectivity index (χ3n) is 4.41. The highest BCUT2D eigenvalue weighted by Crippen LogP contribution is 2.46. The zero-order chi connectivity index (χ0) is 14.8. The third kappa shape index (κ3) is 5.83. The van der Waals surface area contributed by atoms with Crippen molar-refractivity contribution in [3.05, 3.63) is 0 Å². The molecule has 0 saturated carbocycles. The van der Waals surface area contributed by atoms with Crippen LogP contribution in [0.25, 0.3) is 0 Å². The van der Waals surface area contributed by atoms with Gasteiger partial charge in [0.05, 0.1) is 0 Å². The first-order valence-electron chi connectivity index (χ1n) is 8.44. The van der Waals surface area contributed by atoms with Gasteiger partial charge in [0.1, 0.15) is 0 Å². The average Bonchev–Trinajstić information content (AvgIpc) is 2.34. The van der Waals surface area contributed by atoms with Crippen molar-refractivity contribution in [1.82, 2.24) is 0 Å². The molecule has 0 aliphatic rings. The monoisotopic (exact) mass is 272 g/mol. The van der Waals surface area contributed by atoms with E-state index in [1.165, 1.54) is 19.3 Å². The van der Waals surface area contributed by atoms with E-state index in [9.17, 15) is 10.2 Å². The van der Waals surface area contributed by atoms with Gasteiger partial charge in [-0.15, -0.1) is 0 Å². The van der Waals surface area contributed by atoms with Crippen LogP contribution in [0.1, 0.15) is 98.3 Å². The Morgan fingerprint density at radius 1 is 0.579 bits per heavy atom. The molecule has 0 amide bonds. The molecular formula is C17H36O2. The number of hydrogen-bond acceptors (Lipinski definition) is 2. The van der Waals surface area contributed by atoms with Crippen LogP contribution in [0.5, 0.6) is 0 Å². The van der Waals surface area contributed by atoms with Gasteiger partial charge in [0.2, 0.25) is 0 Å². The molecule has 0 spiro atoms. The molecule has 0 unspecified atom stereocenters. The topological polar surface area (TPSA) is 40.5 Å². The molecule has 0 aromatic heterocycles. The molecule has 0 atom stereocenters. The van der Waals surface area contributed by atoms with Crippen molar-refractivity contribution in [1.29, 1.82) is 0 Å². The second-order valence-corrected chi connectivity index (χ2v) is 6.16. The lowest BCUT2D eigenvalue weighted by molar-refractivity contribution is -0.256. The van der Waals surface area contributed by atoms with E-state index >= 15 is 0 Å². The number of hydrogen-bond donors (Lipinski definition) is 2. The standard InChI is InChI=1S/C17H36O2/c1-5-9-10-11-15-16(12-6-2,13-7-3)17(18,19)14-8-4/h18-19H,5-15H2,1-4H3. The molecule has 0 saturated heterocycles. The molecule has 2 N–H and O–H groups in total. The zero-order valence-electron chi connectivity index (χ0n) is 13.7. The highest BCUT2D eigenvalue weighted by atomic mass is 16.5. The summed E-state index contributed by atoms with van der Waals surface area (Å²) < 4.78 is 0. The fourth-order valence-corrected chi connectivity index (χ4v) is 3.44. The smallest absolute Gasteiger partial charge is 0.168 e. The largest absolute Gasteiger partial charge is 0.365 e. The molecule has 0 rings (SSSR count). The summed E-state index contributed by atoms with van der Waals surface area (Å²) in [4.78, 5) is 0. The van der Waals surface area contributed by atoms with E-state index in [2.05, 4.69) is 20.8 Å². The molecule has 2 nitrogen and oxygen atoms in total. The quantitative estimate of drug-likeness (QED) is 0.386. The van der Waals surface area contributed by atoms with E-state index in [-0.39, 0.29) is 5.41 Å². The third-order valence-corrected chi connectivity index (χ3v) is 4.41. The van der Waals surface area contributed by atoms with Crippen LogP contribution in [0.3, 0.4) is 0 Å². The van der Waals surface area contributed by atoms with Crippen LogP contribution in [0.15, 0.2) is 0 Å². The predicted octanol–water partition coefficient (Wildman–Crippen LogP) is 5.02. The molecule has 0 radical (unpaired) electrons. The average molecular weight is 272 g/mol. The normalized spacial score (nSPS) is 12.9. The van der Waals surface area contributed by atoms with E-state index in [0.29, 0.717) is 6.42 Å². The zero-order valence-corrected chi connectivity index (χ0v) is 13.7. The number of aliphatic hydroxyl groups is 2. The maximum atomic E-state index is 10.6. The summed E-state index contributed by atoms with van der Waals surface area (Å²) in [5.41, 5.74) is -0.291. The minimum absolute atomic E-state index is 0.291. The molecule has 0 heterocycles. The van der Waals surface area contributed by atoms with Crippen LogP contribution in [0, 0.1) is 5.41 Å². The molecule has 0 aromatic rings. The van der Waals surface area contributed by atoms with Crippen LogP contribution in [-0.2, 0) is 0 Å². The summed E-state index contributed by atoms with van der Waals surface area (Å²) in [6, 6.07) is 0. The van der Waals surface area contributed by atoms with Crippen molar-refractivity contribution < 1.29 is 10.2 Å². The Hall–Kier alpha value is -0.0800. The van der Waals surface area contributed by atoms with Gasteiger partial charge in [0.15, 0.2) is 5.79 Å². The Morgan fingerprint density at radius 3 is 1.53 bits per heavy atom. The van der Waals surface area contributed by atoms with Crippen LogP contribution < -0.4 is 0 Å². The fourth-order valence-electron chi connectivity index (χ4n) is 3.44. The van der Waals surface area contributed by atoms with E-state index < -0.39 is 5.79 Å². The highest BCUT2D eigenvalue weighted by molar-refractivity contribution is 4.91. The molecule has 0 fully saturated rings. The van der Waals surface area contributed by atoms with E-state index in [0.717, 1.165) is 44.9 Å². The van der Waals surface area contributed by atoms with Gasteiger partial charge in [-0.2, -0.15) is 0 Å². The minimum atomic E-state index is -1.49. The minimum Gasteiger partial charge on any atom is -0.365 e. The van der Waals surface area contributed by atoms with E-state index in [4.69, 9.17) is 0 Å². The van der Waals surface area contributed by atoms with Crippen molar-refractivity contribution in [3.63, 3.8) is 0 Å². The first kappa shape index (κ1) is 18.9. The van der Waals surface area contributed by atoms with Gasteiger partial charge in [-0.05, 0) is 19.3 Å². The maximum absolute atomic E-state index is 10.6. The second kappa shape index (κ2) is 9.77. The number of unbranched alkanes of at least 4 members (excludes halogenated alkanes) is 3. The Morgan fingerprint density at radius 2 is 1.11 bits per heavy atom. The van der Waals surface area contributed by atoms with Gasteiger partial charge in [0, 0.05) is 11.8 Å². The van der Waals surface area contributed by atoms with Crippen molar-refractivity contribution in [2.45, 2.75) is 104 Å². The Balaban J connectivity index is 4.84. The van der Waals surface area contributed by atoms with Crippen LogP contribution >= 0.6 is 0 Å². The first-order chi connectivity index (χ1) is 8.99. The molecule has 0 aliphatic heterocycles. The van der Waals surface area contributed by atoms with Crippen LogP contribution in [0.4, 0.5) is 0 Å². The van der Waals surface area contributed by atoms with Gasteiger partial charge in [-0.1, -0.05) is 72.6 Å². The van der Waals surface area contributed by atoms with Crippen LogP contribution in [0.2, 0.25) is 0 Å². The molecule has 0 aromatic carbocycles. The van der Waals surface area contributed by atoms with Crippen molar-refractivity contribution in [3.8, 4) is 0 Å². The van der Waals surface area contributed by atoms with Crippen molar-refractivity contribution in [2.24, 2.45) is 5.41 Å². The van der Waals surface area contributed by atoms with Crippen LogP contribution in [-0.4, -0.2) is 16.0 Å². The lowest BCUT2D eigenvalue weighted by Gasteiger charge is -2.44. The van der Waals surface area contributed by atoms with E-state index in [1.807, 2.05) is 6.92 Å². The second-order valence-electron chi connectivity index (χ2n) is 6.16. The van der Waals surface area contributed by atoms with Gasteiger partial charge >= 0.3 is 0 Å². The van der Waals surface area contributed by atoms with Gasteiger partial charge in [0.25, 0.3) is 0 Å². The SMILES string of the molecule is CCCCCCC(CCC)(CCC)C(O)(O)CCC. The first-order valence-corrected chi connectivity index (χ1v) is 8.44.